The molecule has 1 atom stereocenters. The van der Waals surface area contributed by atoms with Gasteiger partial charge in [-0.1, -0.05) is 22.0 Å². The van der Waals surface area contributed by atoms with Crippen LogP contribution in [0.25, 0.3) is 0 Å². The lowest BCUT2D eigenvalue weighted by Crippen LogP contribution is -2.33. The number of nitrogens with one attached hydrogen (secondary N) is 3. The predicted octanol–water partition coefficient (Wildman–Crippen LogP) is 2.20. The number of carbonyl (C=O) groups excluding carboxylic acids is 2. The minimum Gasteiger partial charge on any atom is -0.347 e. The molecule has 5 nitrogen and oxygen atoms in total. The van der Waals surface area contributed by atoms with Crippen molar-refractivity contribution in [3.05, 3.63) is 28.2 Å². The lowest BCUT2D eigenvalue weighted by Gasteiger charge is -2.11. The number of benzene rings is 1. The van der Waals surface area contributed by atoms with Crippen LogP contribution in [0, 0.1) is 12.8 Å². The molecule has 1 fully saturated rings. The first-order chi connectivity index (χ1) is 10.5. The van der Waals surface area contributed by atoms with E-state index in [9.17, 15) is 9.59 Å². The van der Waals surface area contributed by atoms with E-state index in [1.54, 1.807) is 0 Å². The number of hydrogen-bond donors (Lipinski definition) is 3. The van der Waals surface area contributed by atoms with Crippen LogP contribution in [0.2, 0.25) is 0 Å². The van der Waals surface area contributed by atoms with Crippen LogP contribution in [0.1, 0.15) is 24.8 Å². The molecule has 6 heteroatoms. The van der Waals surface area contributed by atoms with E-state index in [1.807, 2.05) is 25.1 Å². The first-order valence-corrected chi connectivity index (χ1v) is 8.37. The highest BCUT2D eigenvalue weighted by Crippen LogP contribution is 2.20. The second-order valence-corrected chi connectivity index (χ2v) is 6.60. The molecule has 0 spiro atoms. The zero-order valence-electron chi connectivity index (χ0n) is 12.7. The Morgan fingerprint density at radius 2 is 2.18 bits per heavy atom. The first-order valence-electron chi connectivity index (χ1n) is 7.58. The quantitative estimate of drug-likeness (QED) is 0.721. The van der Waals surface area contributed by atoms with Gasteiger partial charge < -0.3 is 16.0 Å². The molecule has 2 rings (SSSR count). The van der Waals surface area contributed by atoms with E-state index in [4.69, 9.17) is 0 Å². The van der Waals surface area contributed by atoms with Gasteiger partial charge in [0.1, 0.15) is 0 Å². The molecule has 0 aliphatic carbocycles. The van der Waals surface area contributed by atoms with Gasteiger partial charge in [-0.25, -0.2) is 0 Å². The van der Waals surface area contributed by atoms with E-state index >= 15 is 0 Å². The van der Waals surface area contributed by atoms with Crippen molar-refractivity contribution in [2.75, 3.05) is 25.0 Å². The predicted molar refractivity (Wildman–Crippen MR) is 90.7 cm³/mol. The Morgan fingerprint density at radius 1 is 1.36 bits per heavy atom. The van der Waals surface area contributed by atoms with Gasteiger partial charge in [0, 0.05) is 16.6 Å². The Kier molecular flexibility index (Phi) is 6.39. The summed E-state index contributed by atoms with van der Waals surface area (Å²) in [4.78, 5) is 23.6. The van der Waals surface area contributed by atoms with Crippen molar-refractivity contribution in [1.29, 1.82) is 0 Å². The van der Waals surface area contributed by atoms with Crippen LogP contribution in [0.5, 0.6) is 0 Å². The van der Waals surface area contributed by atoms with Crippen molar-refractivity contribution >= 4 is 33.4 Å². The molecule has 1 unspecified atom stereocenters. The zero-order valence-corrected chi connectivity index (χ0v) is 14.3. The Morgan fingerprint density at radius 3 is 2.91 bits per heavy atom. The summed E-state index contributed by atoms with van der Waals surface area (Å²) in [6.45, 7) is 3.97. The van der Waals surface area contributed by atoms with Crippen molar-refractivity contribution in [3.8, 4) is 0 Å². The molecule has 2 amide bonds. The highest BCUT2D eigenvalue weighted by atomic mass is 79.9. The summed E-state index contributed by atoms with van der Waals surface area (Å²) in [6.07, 6.45) is 2.50. The number of anilines is 1. The van der Waals surface area contributed by atoms with Gasteiger partial charge in [0.05, 0.1) is 6.54 Å². The van der Waals surface area contributed by atoms with Crippen LogP contribution in [0.3, 0.4) is 0 Å². The summed E-state index contributed by atoms with van der Waals surface area (Å²) in [5.74, 6) is 0.314. The summed E-state index contributed by atoms with van der Waals surface area (Å²) in [5, 5.41) is 8.77. The molecule has 1 aliphatic rings. The van der Waals surface area contributed by atoms with Gasteiger partial charge >= 0.3 is 0 Å². The second kappa shape index (κ2) is 8.29. The number of aryl methyl sites for hydroxylation is 1. The fraction of sp³-hybridized carbons (Fsp3) is 0.500. The van der Waals surface area contributed by atoms with Gasteiger partial charge in [-0.05, 0) is 56.5 Å². The molecule has 1 saturated heterocycles. The van der Waals surface area contributed by atoms with E-state index in [2.05, 4.69) is 31.9 Å². The topological polar surface area (TPSA) is 70.2 Å². The van der Waals surface area contributed by atoms with E-state index in [-0.39, 0.29) is 18.4 Å². The van der Waals surface area contributed by atoms with Crippen molar-refractivity contribution in [2.24, 2.45) is 5.92 Å². The van der Waals surface area contributed by atoms with Crippen LogP contribution >= 0.6 is 15.9 Å². The lowest BCUT2D eigenvalue weighted by molar-refractivity contribution is -0.124. The van der Waals surface area contributed by atoms with E-state index in [0.29, 0.717) is 12.3 Å². The largest absolute Gasteiger partial charge is 0.347 e. The summed E-state index contributed by atoms with van der Waals surface area (Å²) in [5.41, 5.74) is 1.74. The molecule has 3 N–H and O–H groups in total. The summed E-state index contributed by atoms with van der Waals surface area (Å²) < 4.78 is 0.905. The second-order valence-electron chi connectivity index (χ2n) is 5.68. The average molecular weight is 368 g/mol. The van der Waals surface area contributed by atoms with Crippen molar-refractivity contribution in [2.45, 2.75) is 26.2 Å². The molecule has 1 aromatic rings. The molecule has 0 bridgehead atoms. The van der Waals surface area contributed by atoms with Gasteiger partial charge in [0.15, 0.2) is 0 Å². The van der Waals surface area contributed by atoms with Crippen LogP contribution in [-0.2, 0) is 9.59 Å². The monoisotopic (exact) mass is 367 g/mol. The standard InChI is InChI=1S/C16H22BrN3O2/c1-11-2-4-13(17)8-14(11)20-16(22)10-19-15(21)5-3-12-6-7-18-9-12/h2,4,8,12,18H,3,5-7,9-10H2,1H3,(H,19,21)(H,20,22). The maximum Gasteiger partial charge on any atom is 0.243 e. The molecule has 22 heavy (non-hydrogen) atoms. The normalized spacial score (nSPS) is 17.3. The van der Waals surface area contributed by atoms with E-state index < -0.39 is 0 Å². The molecule has 0 aromatic heterocycles. The molecule has 1 aliphatic heterocycles. The van der Waals surface area contributed by atoms with E-state index in [0.717, 1.165) is 41.7 Å². The molecular formula is C16H22BrN3O2. The van der Waals surface area contributed by atoms with Crippen molar-refractivity contribution in [3.63, 3.8) is 0 Å². The number of amides is 2. The molecule has 120 valence electrons. The Hall–Kier alpha value is -1.40. The van der Waals surface area contributed by atoms with Crippen LogP contribution in [-0.4, -0.2) is 31.4 Å². The smallest absolute Gasteiger partial charge is 0.243 e. The maximum atomic E-state index is 11.9. The average Bonchev–Trinajstić information content (AvgIpc) is 3.00. The van der Waals surface area contributed by atoms with Gasteiger partial charge in [-0.2, -0.15) is 0 Å². The third-order valence-electron chi connectivity index (χ3n) is 3.86. The highest BCUT2D eigenvalue weighted by Gasteiger charge is 2.16. The first kappa shape index (κ1) is 17.0. The Labute approximate surface area is 139 Å². The molecular weight excluding hydrogens is 346 g/mol. The summed E-state index contributed by atoms with van der Waals surface area (Å²) >= 11 is 3.38. The maximum absolute atomic E-state index is 11.9. The third-order valence-corrected chi connectivity index (χ3v) is 4.36. The highest BCUT2D eigenvalue weighted by molar-refractivity contribution is 9.10. The molecule has 0 saturated carbocycles. The Bertz CT molecular complexity index is 542. The van der Waals surface area contributed by atoms with Crippen LogP contribution in [0.15, 0.2) is 22.7 Å². The van der Waals surface area contributed by atoms with Gasteiger partial charge in [0.2, 0.25) is 11.8 Å². The lowest BCUT2D eigenvalue weighted by atomic mass is 10.0. The van der Waals surface area contributed by atoms with Gasteiger partial charge in [-0.3, -0.25) is 9.59 Å². The zero-order chi connectivity index (χ0) is 15.9. The Balaban J connectivity index is 1.70. The SMILES string of the molecule is Cc1ccc(Br)cc1NC(=O)CNC(=O)CCC1CCNC1. The fourth-order valence-corrected chi connectivity index (χ4v) is 2.85. The number of halogens is 1. The molecule has 1 aromatic carbocycles. The summed E-state index contributed by atoms with van der Waals surface area (Å²) in [6, 6.07) is 5.70. The number of rotatable bonds is 6. The number of carbonyl (C=O) groups is 2. The van der Waals surface area contributed by atoms with Crippen molar-refractivity contribution in [1.82, 2.24) is 10.6 Å². The minimum absolute atomic E-state index is 0.00764. The molecule has 0 radical (unpaired) electrons. The molecule has 1 heterocycles. The van der Waals surface area contributed by atoms with E-state index in [1.165, 1.54) is 0 Å². The minimum atomic E-state index is -0.211. The van der Waals surface area contributed by atoms with Gasteiger partial charge in [-0.15, -0.1) is 0 Å². The number of hydrogen-bond acceptors (Lipinski definition) is 3. The van der Waals surface area contributed by atoms with Crippen molar-refractivity contribution < 1.29 is 9.59 Å². The van der Waals surface area contributed by atoms with Gasteiger partial charge in [0.25, 0.3) is 0 Å². The summed E-state index contributed by atoms with van der Waals surface area (Å²) in [7, 11) is 0. The van der Waals surface area contributed by atoms with Crippen LogP contribution in [0.4, 0.5) is 5.69 Å². The van der Waals surface area contributed by atoms with Crippen LogP contribution < -0.4 is 16.0 Å². The third kappa shape index (κ3) is 5.42. The fourth-order valence-electron chi connectivity index (χ4n) is 2.49.